The molecule has 0 aliphatic carbocycles. The van der Waals surface area contributed by atoms with Gasteiger partial charge >= 0.3 is 0 Å². The Morgan fingerprint density at radius 2 is 1.94 bits per heavy atom. The van der Waals surface area contributed by atoms with Crippen molar-refractivity contribution in [2.45, 2.75) is 25.9 Å². The van der Waals surface area contributed by atoms with E-state index in [0.29, 0.717) is 15.1 Å². The summed E-state index contributed by atoms with van der Waals surface area (Å²) in [4.78, 5) is 2.51. The van der Waals surface area contributed by atoms with Crippen molar-refractivity contribution in [3.8, 4) is 0 Å². The third-order valence-corrected chi connectivity index (χ3v) is 5.27. The highest BCUT2D eigenvalue weighted by Crippen LogP contribution is 2.36. The molecule has 0 amide bonds. The average molecular weight is 307 g/mol. The predicted octanol–water partition coefficient (Wildman–Crippen LogP) is 4.95. The molecule has 0 aliphatic rings. The van der Waals surface area contributed by atoms with Crippen molar-refractivity contribution in [1.82, 2.24) is 0 Å². The zero-order valence-corrected chi connectivity index (χ0v) is 12.4. The highest BCUT2D eigenvalue weighted by atomic mass is 35.5. The molecule has 2 heterocycles. The summed E-state index contributed by atoms with van der Waals surface area (Å²) < 4.78 is 1.19. The van der Waals surface area contributed by atoms with E-state index in [-0.39, 0.29) is 0 Å². The number of aliphatic hydroxyl groups is 1. The standard InChI is InChI=1S/C12H12Cl2OS2/c1-2-7-3-4-8(16-7)5-10(15)9-6-11(13)17-12(9)14/h3-4,6,10,15H,2,5H2,1H3. The van der Waals surface area contributed by atoms with Crippen LogP contribution in [0.1, 0.15) is 28.3 Å². The van der Waals surface area contributed by atoms with Gasteiger partial charge in [-0.15, -0.1) is 22.7 Å². The molecule has 0 saturated heterocycles. The number of hydrogen-bond acceptors (Lipinski definition) is 3. The van der Waals surface area contributed by atoms with Crippen LogP contribution in [0, 0.1) is 0 Å². The van der Waals surface area contributed by atoms with E-state index in [2.05, 4.69) is 19.1 Å². The second kappa shape index (κ2) is 5.72. The normalized spacial score (nSPS) is 12.9. The minimum absolute atomic E-state index is 0.574. The molecule has 5 heteroatoms. The SMILES string of the molecule is CCc1ccc(CC(O)c2cc(Cl)sc2Cl)s1. The predicted molar refractivity (Wildman–Crippen MR) is 76.7 cm³/mol. The molecule has 0 spiro atoms. The van der Waals surface area contributed by atoms with E-state index in [1.165, 1.54) is 21.1 Å². The molecule has 0 radical (unpaired) electrons. The molecular weight excluding hydrogens is 295 g/mol. The summed E-state index contributed by atoms with van der Waals surface area (Å²) in [5.41, 5.74) is 0.730. The maximum atomic E-state index is 10.1. The Bertz CT molecular complexity index is 504. The van der Waals surface area contributed by atoms with Crippen LogP contribution in [-0.4, -0.2) is 5.11 Å². The Kier molecular flexibility index (Phi) is 4.50. The number of hydrogen-bond donors (Lipinski definition) is 1. The Balaban J connectivity index is 2.11. The molecular formula is C12H12Cl2OS2. The van der Waals surface area contributed by atoms with Gasteiger partial charge in [0.15, 0.2) is 0 Å². The molecule has 92 valence electrons. The summed E-state index contributed by atoms with van der Waals surface area (Å²) in [7, 11) is 0. The quantitative estimate of drug-likeness (QED) is 0.847. The molecule has 0 aliphatic heterocycles. The molecule has 0 saturated carbocycles. The fourth-order valence-electron chi connectivity index (χ4n) is 1.60. The molecule has 1 atom stereocenters. The fourth-order valence-corrected chi connectivity index (χ4v) is 4.16. The van der Waals surface area contributed by atoms with Crippen LogP contribution >= 0.6 is 45.9 Å². The van der Waals surface area contributed by atoms with Gasteiger partial charge in [-0.1, -0.05) is 30.1 Å². The van der Waals surface area contributed by atoms with Gasteiger partial charge in [-0.25, -0.2) is 0 Å². The first-order valence-electron chi connectivity index (χ1n) is 5.30. The van der Waals surface area contributed by atoms with Crippen LogP contribution in [0.2, 0.25) is 8.67 Å². The number of rotatable bonds is 4. The first-order chi connectivity index (χ1) is 8.10. The highest BCUT2D eigenvalue weighted by molar-refractivity contribution is 7.20. The van der Waals surface area contributed by atoms with Crippen LogP contribution in [0.5, 0.6) is 0 Å². The number of aliphatic hydroxyl groups excluding tert-OH is 1. The summed E-state index contributed by atoms with van der Waals surface area (Å²) >= 11 is 14.9. The minimum atomic E-state index is -0.574. The van der Waals surface area contributed by atoms with Gasteiger partial charge in [-0.3, -0.25) is 0 Å². The molecule has 1 unspecified atom stereocenters. The van der Waals surface area contributed by atoms with Crippen LogP contribution in [-0.2, 0) is 12.8 Å². The maximum Gasteiger partial charge on any atom is 0.100 e. The second-order valence-corrected chi connectivity index (χ2v) is 7.26. The first-order valence-corrected chi connectivity index (χ1v) is 7.69. The Morgan fingerprint density at radius 1 is 1.24 bits per heavy atom. The number of thiophene rings is 2. The Labute approximate surface area is 119 Å². The third-order valence-electron chi connectivity index (χ3n) is 2.50. The van der Waals surface area contributed by atoms with Crippen molar-refractivity contribution in [2.75, 3.05) is 0 Å². The van der Waals surface area contributed by atoms with Gasteiger partial charge in [0.05, 0.1) is 10.4 Å². The second-order valence-electron chi connectivity index (χ2n) is 3.72. The molecule has 1 nitrogen and oxygen atoms in total. The molecule has 1 N–H and O–H groups in total. The van der Waals surface area contributed by atoms with E-state index in [4.69, 9.17) is 23.2 Å². The van der Waals surface area contributed by atoms with Crippen LogP contribution in [0.25, 0.3) is 0 Å². The van der Waals surface area contributed by atoms with Gasteiger partial charge in [0.1, 0.15) is 4.34 Å². The lowest BCUT2D eigenvalue weighted by molar-refractivity contribution is 0.180. The van der Waals surface area contributed by atoms with Crippen molar-refractivity contribution in [3.63, 3.8) is 0 Å². The van der Waals surface area contributed by atoms with Crippen molar-refractivity contribution in [3.05, 3.63) is 42.2 Å². The van der Waals surface area contributed by atoms with Gasteiger partial charge in [-0.2, -0.15) is 0 Å². The molecule has 2 rings (SSSR count). The molecule has 0 fully saturated rings. The lowest BCUT2D eigenvalue weighted by Crippen LogP contribution is -1.99. The molecule has 17 heavy (non-hydrogen) atoms. The van der Waals surface area contributed by atoms with Crippen molar-refractivity contribution >= 4 is 45.9 Å². The van der Waals surface area contributed by atoms with Crippen molar-refractivity contribution < 1.29 is 5.11 Å². The van der Waals surface area contributed by atoms with Gasteiger partial charge < -0.3 is 5.11 Å². The van der Waals surface area contributed by atoms with E-state index in [1.807, 2.05) is 0 Å². The number of aryl methyl sites for hydroxylation is 1. The Hall–Kier alpha value is -0.0600. The van der Waals surface area contributed by atoms with Gasteiger partial charge in [-0.05, 0) is 24.6 Å². The van der Waals surface area contributed by atoms with E-state index in [0.717, 1.165) is 12.0 Å². The summed E-state index contributed by atoms with van der Waals surface area (Å²) in [6, 6.07) is 5.91. The van der Waals surface area contributed by atoms with Gasteiger partial charge in [0.25, 0.3) is 0 Å². The Morgan fingerprint density at radius 3 is 2.47 bits per heavy atom. The first kappa shape index (κ1) is 13.4. The lowest BCUT2D eigenvalue weighted by atomic mass is 10.1. The number of halogens is 2. The summed E-state index contributed by atoms with van der Waals surface area (Å²) in [6.45, 7) is 2.13. The average Bonchev–Trinajstić information content (AvgIpc) is 2.85. The summed E-state index contributed by atoms with van der Waals surface area (Å²) in [5.74, 6) is 0. The van der Waals surface area contributed by atoms with Gasteiger partial charge in [0, 0.05) is 21.7 Å². The topological polar surface area (TPSA) is 20.2 Å². The lowest BCUT2D eigenvalue weighted by Gasteiger charge is -2.07. The summed E-state index contributed by atoms with van der Waals surface area (Å²) in [6.07, 6.45) is 1.05. The van der Waals surface area contributed by atoms with E-state index in [1.54, 1.807) is 17.4 Å². The molecule has 2 aromatic heterocycles. The van der Waals surface area contributed by atoms with Crippen molar-refractivity contribution in [2.24, 2.45) is 0 Å². The zero-order chi connectivity index (χ0) is 12.4. The van der Waals surface area contributed by atoms with Gasteiger partial charge in [0.2, 0.25) is 0 Å². The molecule has 0 bridgehead atoms. The smallest absolute Gasteiger partial charge is 0.100 e. The zero-order valence-electron chi connectivity index (χ0n) is 9.24. The van der Waals surface area contributed by atoms with Crippen LogP contribution in [0.15, 0.2) is 18.2 Å². The minimum Gasteiger partial charge on any atom is -0.388 e. The third kappa shape index (κ3) is 3.24. The molecule has 0 aromatic carbocycles. The fraction of sp³-hybridized carbons (Fsp3) is 0.333. The van der Waals surface area contributed by atoms with Crippen LogP contribution < -0.4 is 0 Å². The van der Waals surface area contributed by atoms with E-state index in [9.17, 15) is 5.11 Å². The van der Waals surface area contributed by atoms with Crippen LogP contribution in [0.4, 0.5) is 0 Å². The van der Waals surface area contributed by atoms with Crippen molar-refractivity contribution in [1.29, 1.82) is 0 Å². The summed E-state index contributed by atoms with van der Waals surface area (Å²) in [5, 5.41) is 10.1. The van der Waals surface area contributed by atoms with E-state index < -0.39 is 6.10 Å². The molecule has 2 aromatic rings. The monoisotopic (exact) mass is 306 g/mol. The highest BCUT2D eigenvalue weighted by Gasteiger charge is 2.16. The largest absolute Gasteiger partial charge is 0.388 e. The van der Waals surface area contributed by atoms with Crippen LogP contribution in [0.3, 0.4) is 0 Å². The maximum absolute atomic E-state index is 10.1. The van der Waals surface area contributed by atoms with E-state index >= 15 is 0 Å².